The number of benzene rings is 2. The second kappa shape index (κ2) is 6.51. The van der Waals surface area contributed by atoms with Gasteiger partial charge in [-0.3, -0.25) is 0 Å². The summed E-state index contributed by atoms with van der Waals surface area (Å²) >= 11 is 0. The first-order chi connectivity index (χ1) is 10.1. The molecule has 0 spiro atoms. The Hall–Kier alpha value is -2.89. The maximum absolute atomic E-state index is 13.0. The van der Waals surface area contributed by atoms with Gasteiger partial charge in [0.25, 0.3) is 0 Å². The molecule has 0 radical (unpaired) electrons. The Bertz CT molecular complexity index is 669. The topological polar surface area (TPSA) is 73.7 Å². The average Bonchev–Trinajstić information content (AvgIpc) is 2.47. The van der Waals surface area contributed by atoms with E-state index in [-0.39, 0.29) is 0 Å². The van der Waals surface area contributed by atoms with E-state index in [2.05, 4.69) is 15.8 Å². The van der Waals surface area contributed by atoms with Gasteiger partial charge in [0.05, 0.1) is 5.71 Å². The minimum absolute atomic E-state index is 0.368. The Kier molecular flexibility index (Phi) is 4.50. The number of oxime groups is 1. The highest BCUT2D eigenvalue weighted by Crippen LogP contribution is 2.12. The van der Waals surface area contributed by atoms with Crippen LogP contribution in [-0.4, -0.2) is 17.0 Å². The standard InChI is InChI=1S/C15H14FN3O2/c1-10(19-21)11-5-7-13(8-6-11)17-15(20)18-14-4-2-3-12(16)9-14/h2-9,21H,1H3,(H2,17,18,20)/b19-10+. The van der Waals surface area contributed by atoms with Crippen molar-refractivity contribution in [2.24, 2.45) is 5.16 Å². The van der Waals surface area contributed by atoms with Crippen molar-refractivity contribution >= 4 is 23.1 Å². The number of hydrogen-bond acceptors (Lipinski definition) is 3. The van der Waals surface area contributed by atoms with Crippen LogP contribution in [0.15, 0.2) is 53.7 Å². The summed E-state index contributed by atoms with van der Waals surface area (Å²) in [5, 5.41) is 16.9. The third-order valence-electron chi connectivity index (χ3n) is 2.79. The smallest absolute Gasteiger partial charge is 0.323 e. The molecule has 0 aliphatic carbocycles. The molecule has 0 saturated carbocycles. The van der Waals surface area contributed by atoms with E-state index < -0.39 is 11.8 Å². The van der Waals surface area contributed by atoms with E-state index in [9.17, 15) is 9.18 Å². The lowest BCUT2D eigenvalue weighted by molar-refractivity contribution is 0.262. The van der Waals surface area contributed by atoms with Gasteiger partial charge in [0, 0.05) is 11.4 Å². The van der Waals surface area contributed by atoms with Crippen LogP contribution in [-0.2, 0) is 0 Å². The molecule has 21 heavy (non-hydrogen) atoms. The third kappa shape index (κ3) is 4.04. The summed E-state index contributed by atoms with van der Waals surface area (Å²) in [7, 11) is 0. The highest BCUT2D eigenvalue weighted by Gasteiger charge is 2.04. The predicted octanol–water partition coefficient (Wildman–Crippen LogP) is 3.67. The lowest BCUT2D eigenvalue weighted by atomic mass is 10.1. The minimum atomic E-state index is -0.471. The summed E-state index contributed by atoms with van der Waals surface area (Å²) in [5.41, 5.74) is 2.16. The van der Waals surface area contributed by atoms with E-state index in [0.717, 1.165) is 5.56 Å². The molecule has 2 rings (SSSR count). The summed E-state index contributed by atoms with van der Waals surface area (Å²) in [4.78, 5) is 11.8. The minimum Gasteiger partial charge on any atom is -0.411 e. The van der Waals surface area contributed by atoms with Gasteiger partial charge >= 0.3 is 6.03 Å². The number of anilines is 2. The Labute approximate surface area is 121 Å². The number of carbonyl (C=O) groups is 1. The molecule has 0 aliphatic heterocycles. The molecular formula is C15H14FN3O2. The van der Waals surface area contributed by atoms with Crippen LogP contribution < -0.4 is 10.6 Å². The quantitative estimate of drug-likeness (QED) is 0.458. The zero-order valence-electron chi connectivity index (χ0n) is 11.3. The van der Waals surface area contributed by atoms with Crippen LogP contribution in [0.2, 0.25) is 0 Å². The maximum atomic E-state index is 13.0. The number of amides is 2. The van der Waals surface area contributed by atoms with Crippen molar-refractivity contribution < 1.29 is 14.4 Å². The fourth-order valence-electron chi connectivity index (χ4n) is 1.71. The van der Waals surface area contributed by atoms with Gasteiger partial charge in [0.2, 0.25) is 0 Å². The van der Waals surface area contributed by atoms with Crippen molar-refractivity contribution in [1.29, 1.82) is 0 Å². The first-order valence-electron chi connectivity index (χ1n) is 6.21. The molecule has 2 amide bonds. The van der Waals surface area contributed by atoms with E-state index in [1.807, 2.05) is 0 Å². The molecule has 6 heteroatoms. The second-order valence-electron chi connectivity index (χ2n) is 4.35. The van der Waals surface area contributed by atoms with Crippen molar-refractivity contribution in [3.05, 3.63) is 59.9 Å². The molecular weight excluding hydrogens is 273 g/mol. The van der Waals surface area contributed by atoms with E-state index in [1.54, 1.807) is 37.3 Å². The zero-order valence-corrected chi connectivity index (χ0v) is 11.3. The second-order valence-corrected chi connectivity index (χ2v) is 4.35. The van der Waals surface area contributed by atoms with Crippen molar-refractivity contribution in [3.63, 3.8) is 0 Å². The number of urea groups is 1. The molecule has 0 aliphatic rings. The van der Waals surface area contributed by atoms with Gasteiger partial charge in [-0.05, 0) is 42.8 Å². The third-order valence-corrected chi connectivity index (χ3v) is 2.79. The van der Waals surface area contributed by atoms with E-state index in [1.165, 1.54) is 18.2 Å². The number of halogens is 1. The van der Waals surface area contributed by atoms with Gasteiger partial charge < -0.3 is 15.8 Å². The maximum Gasteiger partial charge on any atom is 0.323 e. The van der Waals surface area contributed by atoms with E-state index in [4.69, 9.17) is 5.21 Å². The normalized spacial score (nSPS) is 11.0. The molecule has 108 valence electrons. The van der Waals surface area contributed by atoms with Crippen LogP contribution in [0.3, 0.4) is 0 Å². The van der Waals surface area contributed by atoms with E-state index >= 15 is 0 Å². The number of nitrogens with one attached hydrogen (secondary N) is 2. The molecule has 0 bridgehead atoms. The lowest BCUT2D eigenvalue weighted by Gasteiger charge is -2.08. The Morgan fingerprint density at radius 1 is 1.10 bits per heavy atom. The van der Waals surface area contributed by atoms with Crippen molar-refractivity contribution in [2.45, 2.75) is 6.92 Å². The summed E-state index contributed by atoms with van der Waals surface area (Å²) in [6.45, 7) is 1.67. The van der Waals surface area contributed by atoms with Crippen LogP contribution >= 0.6 is 0 Å². The molecule has 3 N–H and O–H groups in total. The number of hydrogen-bond donors (Lipinski definition) is 3. The van der Waals surface area contributed by atoms with Crippen molar-refractivity contribution in [1.82, 2.24) is 0 Å². The summed E-state index contributed by atoms with van der Waals surface area (Å²) in [6, 6.07) is 11.9. The fraction of sp³-hybridized carbons (Fsp3) is 0.0667. The lowest BCUT2D eigenvalue weighted by Crippen LogP contribution is -2.19. The Morgan fingerprint density at radius 2 is 1.76 bits per heavy atom. The van der Waals surface area contributed by atoms with Crippen LogP contribution in [0, 0.1) is 5.82 Å². The Morgan fingerprint density at radius 3 is 2.38 bits per heavy atom. The molecule has 0 heterocycles. The summed E-state index contributed by atoms with van der Waals surface area (Å²) in [5.74, 6) is -0.420. The fourth-order valence-corrected chi connectivity index (χ4v) is 1.71. The van der Waals surface area contributed by atoms with Crippen LogP contribution in [0.4, 0.5) is 20.6 Å². The van der Waals surface area contributed by atoms with Gasteiger partial charge in [-0.15, -0.1) is 0 Å². The van der Waals surface area contributed by atoms with Crippen LogP contribution in [0.5, 0.6) is 0 Å². The van der Waals surface area contributed by atoms with Gasteiger partial charge in [0.15, 0.2) is 0 Å². The number of rotatable bonds is 3. The van der Waals surface area contributed by atoms with Crippen molar-refractivity contribution in [3.8, 4) is 0 Å². The molecule has 0 fully saturated rings. The summed E-state index contributed by atoms with van der Waals surface area (Å²) < 4.78 is 13.0. The average molecular weight is 287 g/mol. The molecule has 0 aromatic heterocycles. The monoisotopic (exact) mass is 287 g/mol. The first-order valence-corrected chi connectivity index (χ1v) is 6.21. The Balaban J connectivity index is 2.00. The summed E-state index contributed by atoms with van der Waals surface area (Å²) in [6.07, 6.45) is 0. The van der Waals surface area contributed by atoms with Crippen LogP contribution in [0.1, 0.15) is 12.5 Å². The number of carbonyl (C=O) groups excluding carboxylic acids is 1. The molecule has 0 saturated heterocycles. The molecule has 5 nitrogen and oxygen atoms in total. The molecule has 2 aromatic carbocycles. The highest BCUT2D eigenvalue weighted by atomic mass is 19.1. The van der Waals surface area contributed by atoms with Gasteiger partial charge in [-0.1, -0.05) is 23.4 Å². The predicted molar refractivity (Wildman–Crippen MR) is 79.5 cm³/mol. The largest absolute Gasteiger partial charge is 0.411 e. The van der Waals surface area contributed by atoms with Gasteiger partial charge in [-0.25, -0.2) is 9.18 Å². The van der Waals surface area contributed by atoms with Crippen molar-refractivity contribution in [2.75, 3.05) is 10.6 Å². The molecule has 2 aromatic rings. The first kappa shape index (κ1) is 14.5. The van der Waals surface area contributed by atoms with Gasteiger partial charge in [-0.2, -0.15) is 0 Å². The van der Waals surface area contributed by atoms with Gasteiger partial charge in [0.1, 0.15) is 5.82 Å². The molecule has 0 unspecified atom stereocenters. The molecule has 0 atom stereocenters. The highest BCUT2D eigenvalue weighted by molar-refractivity contribution is 6.01. The van der Waals surface area contributed by atoms with Crippen LogP contribution in [0.25, 0.3) is 0 Å². The number of nitrogens with zero attached hydrogens (tertiary/aromatic N) is 1. The zero-order chi connectivity index (χ0) is 15.2. The van der Waals surface area contributed by atoms with E-state index in [0.29, 0.717) is 17.1 Å². The SMILES string of the molecule is C/C(=N\O)c1ccc(NC(=O)Nc2cccc(F)c2)cc1.